The molecule has 1 aromatic heterocycles. The van der Waals surface area contributed by atoms with E-state index in [1.54, 1.807) is 0 Å². The highest BCUT2D eigenvalue weighted by Gasteiger charge is 2.26. The largest absolute Gasteiger partial charge is 0.396 e. The van der Waals surface area contributed by atoms with Crippen LogP contribution in [0.15, 0.2) is 17.3 Å². The van der Waals surface area contributed by atoms with Crippen molar-refractivity contribution in [1.82, 2.24) is 14.5 Å². The van der Waals surface area contributed by atoms with Crippen LogP contribution in [0.3, 0.4) is 0 Å². The minimum Gasteiger partial charge on any atom is -0.396 e. The number of nitrogens with zero attached hydrogens (tertiary/aromatic N) is 2. The summed E-state index contributed by atoms with van der Waals surface area (Å²) in [7, 11) is -3.54. The number of aliphatic hydroxyl groups is 1. The van der Waals surface area contributed by atoms with Gasteiger partial charge in [-0.2, -0.15) is 5.10 Å². The molecule has 1 heterocycles. The molecule has 1 rings (SSSR count). The summed E-state index contributed by atoms with van der Waals surface area (Å²) >= 11 is 0. The van der Waals surface area contributed by atoms with E-state index in [2.05, 4.69) is 9.82 Å². The number of hydrogen-bond acceptors (Lipinski definition) is 4. The van der Waals surface area contributed by atoms with Crippen LogP contribution in [-0.2, 0) is 16.6 Å². The Morgan fingerprint density at radius 1 is 1.47 bits per heavy atom. The van der Waals surface area contributed by atoms with Crippen LogP contribution >= 0.6 is 0 Å². The third-order valence-electron chi connectivity index (χ3n) is 2.75. The number of sulfonamides is 1. The van der Waals surface area contributed by atoms with Gasteiger partial charge in [-0.25, -0.2) is 13.1 Å². The van der Waals surface area contributed by atoms with Crippen LogP contribution in [0.2, 0.25) is 0 Å². The maximum absolute atomic E-state index is 12.2. The second-order valence-corrected chi connectivity index (χ2v) is 6.94. The van der Waals surface area contributed by atoms with Gasteiger partial charge in [-0.1, -0.05) is 13.3 Å². The fourth-order valence-corrected chi connectivity index (χ4v) is 3.33. The Bertz CT molecular complexity index is 494. The molecular formula is C12H23N3O3S. The topological polar surface area (TPSA) is 84.2 Å². The van der Waals surface area contributed by atoms with Crippen molar-refractivity contribution in [3.63, 3.8) is 0 Å². The molecule has 0 bridgehead atoms. The maximum Gasteiger partial charge on any atom is 0.244 e. The summed E-state index contributed by atoms with van der Waals surface area (Å²) in [6.07, 6.45) is 5.05. The summed E-state index contributed by atoms with van der Waals surface area (Å²) in [5.74, 6) is 0. The van der Waals surface area contributed by atoms with Crippen LogP contribution in [0.5, 0.6) is 0 Å². The minimum absolute atomic E-state index is 0.0593. The SMILES string of the molecule is CCCC(C)(C)NS(=O)(=O)c1cnn(CCCO)c1. The first kappa shape index (κ1) is 16.1. The van der Waals surface area contributed by atoms with Gasteiger partial charge in [-0.05, 0) is 26.7 Å². The molecule has 1 aromatic rings. The summed E-state index contributed by atoms with van der Waals surface area (Å²) in [5, 5.41) is 12.7. The van der Waals surface area contributed by atoms with E-state index in [0.29, 0.717) is 13.0 Å². The van der Waals surface area contributed by atoms with Crippen LogP contribution in [0, 0.1) is 0 Å². The summed E-state index contributed by atoms with van der Waals surface area (Å²) in [5.41, 5.74) is -0.471. The Kier molecular flexibility index (Phi) is 5.51. The number of nitrogens with one attached hydrogen (secondary N) is 1. The van der Waals surface area contributed by atoms with Crippen LogP contribution in [0.25, 0.3) is 0 Å². The van der Waals surface area contributed by atoms with Crippen molar-refractivity contribution in [3.8, 4) is 0 Å². The lowest BCUT2D eigenvalue weighted by molar-refractivity contribution is 0.277. The summed E-state index contributed by atoms with van der Waals surface area (Å²) in [6, 6.07) is 0. The molecule has 0 saturated heterocycles. The first-order chi connectivity index (χ1) is 8.80. The molecule has 0 atom stereocenters. The molecule has 0 amide bonds. The van der Waals surface area contributed by atoms with E-state index in [9.17, 15) is 8.42 Å². The standard InChI is InChI=1S/C12H23N3O3S/c1-4-6-12(2,3)14-19(17,18)11-9-13-15(10-11)7-5-8-16/h9-10,14,16H,4-8H2,1-3H3. The molecule has 0 aliphatic heterocycles. The highest BCUT2D eigenvalue weighted by Crippen LogP contribution is 2.16. The molecule has 0 aromatic carbocycles. The first-order valence-electron chi connectivity index (χ1n) is 6.48. The van der Waals surface area contributed by atoms with Crippen LogP contribution in [0.4, 0.5) is 0 Å². The molecule has 6 nitrogen and oxygen atoms in total. The summed E-state index contributed by atoms with van der Waals surface area (Å²) < 4.78 is 28.6. The van der Waals surface area contributed by atoms with Crippen LogP contribution in [0.1, 0.15) is 40.0 Å². The van der Waals surface area contributed by atoms with Gasteiger partial charge in [0, 0.05) is 24.9 Å². The third kappa shape index (κ3) is 4.93. The predicted molar refractivity (Wildman–Crippen MR) is 73.2 cm³/mol. The average Bonchev–Trinajstić information content (AvgIpc) is 2.73. The van der Waals surface area contributed by atoms with E-state index < -0.39 is 15.6 Å². The minimum atomic E-state index is -3.54. The van der Waals surface area contributed by atoms with Crippen LogP contribution < -0.4 is 4.72 Å². The van der Waals surface area contributed by atoms with Gasteiger partial charge in [0.15, 0.2) is 0 Å². The Morgan fingerprint density at radius 2 is 2.16 bits per heavy atom. The Labute approximate surface area is 114 Å². The molecule has 110 valence electrons. The zero-order valence-electron chi connectivity index (χ0n) is 11.8. The fourth-order valence-electron chi connectivity index (χ4n) is 1.94. The quantitative estimate of drug-likeness (QED) is 0.751. The molecule has 2 N–H and O–H groups in total. The van der Waals surface area contributed by atoms with Gasteiger partial charge in [0.05, 0.1) is 6.20 Å². The summed E-state index contributed by atoms with van der Waals surface area (Å²) in [4.78, 5) is 0.162. The molecule has 0 aliphatic carbocycles. The molecule has 7 heteroatoms. The molecule has 19 heavy (non-hydrogen) atoms. The molecule has 0 radical (unpaired) electrons. The lowest BCUT2D eigenvalue weighted by Gasteiger charge is -2.24. The van der Waals surface area contributed by atoms with Crippen molar-refractivity contribution in [3.05, 3.63) is 12.4 Å². The second-order valence-electron chi connectivity index (χ2n) is 5.26. The molecular weight excluding hydrogens is 266 g/mol. The zero-order chi connectivity index (χ0) is 14.5. The lowest BCUT2D eigenvalue weighted by atomic mass is 10.0. The Morgan fingerprint density at radius 3 is 2.74 bits per heavy atom. The second kappa shape index (κ2) is 6.49. The highest BCUT2D eigenvalue weighted by molar-refractivity contribution is 7.89. The average molecular weight is 289 g/mol. The number of aromatic nitrogens is 2. The van der Waals surface area contributed by atoms with Crippen molar-refractivity contribution in [2.24, 2.45) is 0 Å². The number of aliphatic hydroxyl groups excluding tert-OH is 1. The van der Waals surface area contributed by atoms with Crippen molar-refractivity contribution in [2.45, 2.75) is 57.0 Å². The third-order valence-corrected chi connectivity index (χ3v) is 4.40. The van der Waals surface area contributed by atoms with Crippen molar-refractivity contribution >= 4 is 10.0 Å². The Hall–Kier alpha value is -0.920. The van der Waals surface area contributed by atoms with E-state index >= 15 is 0 Å². The van der Waals surface area contributed by atoms with Crippen molar-refractivity contribution < 1.29 is 13.5 Å². The maximum atomic E-state index is 12.2. The predicted octanol–water partition coefficient (Wildman–Crippen LogP) is 1.12. The highest BCUT2D eigenvalue weighted by atomic mass is 32.2. The van der Waals surface area contributed by atoms with E-state index in [1.165, 1.54) is 17.1 Å². The molecule has 0 fully saturated rings. The van der Waals surface area contributed by atoms with Crippen molar-refractivity contribution in [1.29, 1.82) is 0 Å². The van der Waals surface area contributed by atoms with E-state index in [-0.39, 0.29) is 11.5 Å². The van der Waals surface area contributed by atoms with E-state index in [0.717, 1.165) is 12.8 Å². The van der Waals surface area contributed by atoms with E-state index in [4.69, 9.17) is 5.11 Å². The molecule has 0 aliphatic rings. The monoisotopic (exact) mass is 289 g/mol. The van der Waals surface area contributed by atoms with Gasteiger partial charge >= 0.3 is 0 Å². The van der Waals surface area contributed by atoms with Gasteiger partial charge in [0.25, 0.3) is 0 Å². The number of aryl methyl sites for hydroxylation is 1. The van der Waals surface area contributed by atoms with Gasteiger partial charge in [-0.15, -0.1) is 0 Å². The number of rotatable bonds is 8. The van der Waals surface area contributed by atoms with Gasteiger partial charge in [0.2, 0.25) is 10.0 Å². The van der Waals surface area contributed by atoms with Gasteiger partial charge in [-0.3, -0.25) is 4.68 Å². The molecule has 0 unspecified atom stereocenters. The normalized spacial score (nSPS) is 12.8. The van der Waals surface area contributed by atoms with Gasteiger partial charge < -0.3 is 5.11 Å². The van der Waals surface area contributed by atoms with Crippen molar-refractivity contribution in [2.75, 3.05) is 6.61 Å². The van der Waals surface area contributed by atoms with E-state index in [1.807, 2.05) is 20.8 Å². The van der Waals surface area contributed by atoms with Gasteiger partial charge in [0.1, 0.15) is 4.90 Å². The fraction of sp³-hybridized carbons (Fsp3) is 0.750. The zero-order valence-corrected chi connectivity index (χ0v) is 12.6. The number of hydrogen-bond donors (Lipinski definition) is 2. The lowest BCUT2D eigenvalue weighted by Crippen LogP contribution is -2.43. The van der Waals surface area contributed by atoms with Crippen LogP contribution in [-0.4, -0.2) is 35.5 Å². The molecule has 0 spiro atoms. The smallest absolute Gasteiger partial charge is 0.244 e. The Balaban J connectivity index is 2.80. The molecule has 0 saturated carbocycles. The summed E-state index contributed by atoms with van der Waals surface area (Å²) in [6.45, 7) is 6.31. The first-order valence-corrected chi connectivity index (χ1v) is 7.96.